The van der Waals surface area contributed by atoms with Crippen LogP contribution in [0, 0.1) is 0 Å². The second kappa shape index (κ2) is 8.23. The van der Waals surface area contributed by atoms with Crippen molar-refractivity contribution in [1.29, 1.82) is 0 Å². The molecule has 4 heteroatoms. The summed E-state index contributed by atoms with van der Waals surface area (Å²) in [6.07, 6.45) is 2.56. The third-order valence-electron chi connectivity index (χ3n) is 0.827. The first-order valence-corrected chi connectivity index (χ1v) is 9.66. The first-order chi connectivity index (χ1) is 3.91. The Balaban J connectivity index is 0.000000145. The zero-order chi connectivity index (χ0) is 6.24. The van der Waals surface area contributed by atoms with Crippen molar-refractivity contribution in [2.45, 2.75) is 12.8 Å². The van der Waals surface area contributed by atoms with Crippen LogP contribution < -0.4 is 0 Å². The van der Waals surface area contributed by atoms with E-state index in [-0.39, 0.29) is 0 Å². The molecule has 0 bridgehead atoms. The van der Waals surface area contributed by atoms with Crippen LogP contribution in [0.15, 0.2) is 0 Å². The molecule has 1 fully saturated rings. The average Bonchev–Trinajstić information content (AvgIpc) is 2.17. The summed E-state index contributed by atoms with van der Waals surface area (Å²) in [5, 5.41) is 0. The molecule has 1 nitrogen and oxygen atoms in total. The molecule has 8 heavy (non-hydrogen) atoms. The molecular weight excluding hydrogens is 319 g/mol. The van der Waals surface area contributed by atoms with Crippen LogP contribution in [0.5, 0.6) is 0 Å². The summed E-state index contributed by atoms with van der Waals surface area (Å²) in [7, 11) is 9.86. The van der Waals surface area contributed by atoms with Crippen LogP contribution in [-0.2, 0) is 21.2 Å². The molecule has 0 aromatic heterocycles. The molecule has 0 saturated carbocycles. The molecule has 1 rings (SSSR count). The SMILES string of the molecule is C1CCOC1.[Cl][W][Cl]. The van der Waals surface area contributed by atoms with E-state index < -0.39 is 16.5 Å². The van der Waals surface area contributed by atoms with E-state index in [1.54, 1.807) is 0 Å². The normalized spacial score (nSPS) is 17.2. The monoisotopic (exact) mass is 326 g/mol. The Morgan fingerprint density at radius 1 is 1.12 bits per heavy atom. The summed E-state index contributed by atoms with van der Waals surface area (Å²) in [5.74, 6) is 0. The van der Waals surface area contributed by atoms with E-state index in [2.05, 4.69) is 0 Å². The van der Waals surface area contributed by atoms with Gasteiger partial charge in [0.15, 0.2) is 0 Å². The summed E-state index contributed by atoms with van der Waals surface area (Å²) in [6.45, 7) is 2.00. The Morgan fingerprint density at radius 3 is 1.62 bits per heavy atom. The van der Waals surface area contributed by atoms with Gasteiger partial charge < -0.3 is 4.74 Å². The van der Waals surface area contributed by atoms with E-state index in [1.807, 2.05) is 0 Å². The van der Waals surface area contributed by atoms with Crippen molar-refractivity contribution in [2.75, 3.05) is 13.2 Å². The number of hydrogen-bond donors (Lipinski definition) is 0. The molecule has 0 amide bonds. The average molecular weight is 327 g/mol. The first kappa shape index (κ1) is 9.23. The molecule has 0 aromatic carbocycles. The van der Waals surface area contributed by atoms with E-state index >= 15 is 0 Å². The maximum absolute atomic E-state index is 4.94. The van der Waals surface area contributed by atoms with E-state index in [0.717, 1.165) is 13.2 Å². The standard InChI is InChI=1S/C4H8O.2ClH.W/c1-2-4-5-3-1;;;/h1-4H2;2*1H;/q;;;+2/p-2. The summed E-state index contributed by atoms with van der Waals surface area (Å²) >= 11 is -0.806. The Hall–Kier alpha value is 1.23. The third kappa shape index (κ3) is 7.23. The van der Waals surface area contributed by atoms with Gasteiger partial charge in [0, 0.05) is 13.2 Å². The Bertz CT molecular complexity index is 33.4. The fraction of sp³-hybridized carbons (Fsp3) is 1.00. The van der Waals surface area contributed by atoms with Crippen LogP contribution in [0.25, 0.3) is 0 Å². The predicted molar refractivity (Wildman–Crippen MR) is 31.8 cm³/mol. The molecule has 0 aliphatic carbocycles. The van der Waals surface area contributed by atoms with Crippen LogP contribution in [-0.4, -0.2) is 13.2 Å². The summed E-state index contributed by atoms with van der Waals surface area (Å²) < 4.78 is 4.94. The third-order valence-corrected chi connectivity index (χ3v) is 0.827. The van der Waals surface area contributed by atoms with E-state index in [9.17, 15) is 0 Å². The van der Waals surface area contributed by atoms with Crippen molar-refractivity contribution in [2.24, 2.45) is 0 Å². The van der Waals surface area contributed by atoms with Crippen LogP contribution in [0.4, 0.5) is 0 Å². The van der Waals surface area contributed by atoms with Crippen molar-refractivity contribution >= 4 is 18.8 Å². The molecule has 0 atom stereocenters. The van der Waals surface area contributed by atoms with Crippen molar-refractivity contribution in [3.8, 4) is 0 Å². The van der Waals surface area contributed by atoms with Gasteiger partial charge in [-0.2, -0.15) is 0 Å². The molecule has 1 saturated heterocycles. The van der Waals surface area contributed by atoms with E-state index in [1.165, 1.54) is 12.8 Å². The Morgan fingerprint density at radius 2 is 1.50 bits per heavy atom. The van der Waals surface area contributed by atoms with E-state index in [0.29, 0.717) is 0 Å². The number of rotatable bonds is 0. The van der Waals surface area contributed by atoms with Gasteiger partial charge in [0.1, 0.15) is 0 Å². The number of ether oxygens (including phenoxy) is 1. The van der Waals surface area contributed by atoms with Gasteiger partial charge in [-0.05, 0) is 12.8 Å². The first-order valence-electron chi connectivity index (χ1n) is 2.39. The van der Waals surface area contributed by atoms with Crippen molar-refractivity contribution in [3.05, 3.63) is 0 Å². The molecule has 0 spiro atoms. The van der Waals surface area contributed by atoms with Gasteiger partial charge in [0.25, 0.3) is 0 Å². The topological polar surface area (TPSA) is 9.23 Å². The zero-order valence-electron chi connectivity index (χ0n) is 4.40. The van der Waals surface area contributed by atoms with Gasteiger partial charge in [0.05, 0.1) is 0 Å². The molecule has 1 heterocycles. The van der Waals surface area contributed by atoms with Crippen LogP contribution in [0.2, 0.25) is 0 Å². The van der Waals surface area contributed by atoms with Gasteiger partial charge in [-0.3, -0.25) is 0 Å². The minimum absolute atomic E-state index is 0.806. The van der Waals surface area contributed by atoms with Crippen molar-refractivity contribution in [3.63, 3.8) is 0 Å². The predicted octanol–water partition coefficient (Wildman–Crippen LogP) is 2.17. The number of hydrogen-bond acceptors (Lipinski definition) is 1. The van der Waals surface area contributed by atoms with Crippen LogP contribution in [0.1, 0.15) is 12.8 Å². The second-order valence-electron chi connectivity index (χ2n) is 1.38. The van der Waals surface area contributed by atoms with Gasteiger partial charge in [-0.15, -0.1) is 0 Å². The van der Waals surface area contributed by atoms with Crippen molar-refractivity contribution in [1.82, 2.24) is 0 Å². The number of halogens is 2. The summed E-state index contributed by atoms with van der Waals surface area (Å²) in [4.78, 5) is 0. The molecule has 1 aliphatic rings. The second-order valence-corrected chi connectivity index (χ2v) is 5.62. The fourth-order valence-electron chi connectivity index (χ4n) is 0.510. The molecule has 0 radical (unpaired) electrons. The minimum atomic E-state index is -0.806. The molecule has 0 aromatic rings. The molecule has 50 valence electrons. The fourth-order valence-corrected chi connectivity index (χ4v) is 0.510. The summed E-state index contributed by atoms with van der Waals surface area (Å²) in [6, 6.07) is 0. The maximum atomic E-state index is 4.94. The Labute approximate surface area is 66.1 Å². The Kier molecular flexibility index (Phi) is 9.49. The van der Waals surface area contributed by atoms with E-state index in [4.69, 9.17) is 23.6 Å². The molecule has 0 N–H and O–H groups in total. The van der Waals surface area contributed by atoms with Crippen molar-refractivity contribution < 1.29 is 21.2 Å². The van der Waals surface area contributed by atoms with Gasteiger partial charge >= 0.3 is 35.3 Å². The zero-order valence-corrected chi connectivity index (χ0v) is 8.85. The quantitative estimate of drug-likeness (QED) is 0.663. The summed E-state index contributed by atoms with van der Waals surface area (Å²) in [5.41, 5.74) is 0. The van der Waals surface area contributed by atoms with Crippen LogP contribution in [0.3, 0.4) is 0 Å². The van der Waals surface area contributed by atoms with Gasteiger partial charge in [-0.1, -0.05) is 0 Å². The molecule has 0 unspecified atom stereocenters. The molecule has 1 aliphatic heterocycles. The molecular formula is C4H8Cl2OW. The van der Waals surface area contributed by atoms with Gasteiger partial charge in [-0.25, -0.2) is 0 Å². The van der Waals surface area contributed by atoms with Crippen LogP contribution >= 0.6 is 18.8 Å². The van der Waals surface area contributed by atoms with Gasteiger partial charge in [0.2, 0.25) is 0 Å².